The molecule has 0 saturated heterocycles. The summed E-state index contributed by atoms with van der Waals surface area (Å²) in [6.07, 6.45) is 7.47. The predicted molar refractivity (Wildman–Crippen MR) is 66.1 cm³/mol. The van der Waals surface area contributed by atoms with Crippen molar-refractivity contribution in [2.45, 2.75) is 19.8 Å². The van der Waals surface area contributed by atoms with E-state index in [0.29, 0.717) is 5.57 Å². The number of aliphatic carboxylic acids is 1. The molecule has 0 saturated carbocycles. The Morgan fingerprint density at radius 2 is 2.00 bits per heavy atom. The van der Waals surface area contributed by atoms with E-state index < -0.39 is 5.97 Å². The van der Waals surface area contributed by atoms with Crippen LogP contribution in [0, 0.1) is 0 Å². The Labute approximate surface area is 95.9 Å². The number of carbonyl (C=O) groups is 1. The number of carboxylic acid groups (broad SMARTS) is 1. The number of allylic oxidation sites excluding steroid dienone is 3. The van der Waals surface area contributed by atoms with Crippen LogP contribution in [0.3, 0.4) is 0 Å². The molecular formula is C14H16O2. The molecule has 84 valence electrons. The molecule has 1 aromatic rings. The van der Waals surface area contributed by atoms with Crippen molar-refractivity contribution in [3.8, 4) is 0 Å². The molecule has 0 aliphatic heterocycles. The first-order valence-corrected chi connectivity index (χ1v) is 5.41. The zero-order valence-corrected chi connectivity index (χ0v) is 9.39. The number of hydrogen-bond acceptors (Lipinski definition) is 1. The van der Waals surface area contributed by atoms with Gasteiger partial charge in [-0.1, -0.05) is 55.8 Å². The lowest BCUT2D eigenvalue weighted by atomic mass is 10.1. The molecule has 2 heteroatoms. The molecule has 0 radical (unpaired) electrons. The van der Waals surface area contributed by atoms with E-state index in [1.54, 1.807) is 24.3 Å². The van der Waals surface area contributed by atoms with Crippen molar-refractivity contribution in [1.82, 2.24) is 0 Å². The SMILES string of the molecule is CCCC=CC=C(C(=O)O)c1ccccc1. The summed E-state index contributed by atoms with van der Waals surface area (Å²) in [5.74, 6) is -0.896. The number of carboxylic acids is 1. The Balaban J connectivity index is 2.88. The van der Waals surface area contributed by atoms with Crippen molar-refractivity contribution >= 4 is 11.5 Å². The first kappa shape index (κ1) is 12.2. The number of rotatable bonds is 5. The van der Waals surface area contributed by atoms with Crippen molar-refractivity contribution in [3.05, 3.63) is 54.1 Å². The van der Waals surface area contributed by atoms with E-state index in [9.17, 15) is 4.79 Å². The van der Waals surface area contributed by atoms with Gasteiger partial charge in [-0.2, -0.15) is 0 Å². The molecule has 0 heterocycles. The Hall–Kier alpha value is -1.83. The minimum absolute atomic E-state index is 0.327. The molecule has 0 amide bonds. The van der Waals surface area contributed by atoms with Crippen LogP contribution >= 0.6 is 0 Å². The summed E-state index contributed by atoms with van der Waals surface area (Å²) < 4.78 is 0. The third-order valence-electron chi connectivity index (χ3n) is 2.17. The standard InChI is InChI=1S/C14H16O2/c1-2-3-4-8-11-13(14(15)16)12-9-6-5-7-10-12/h4-11H,2-3H2,1H3,(H,15,16). The zero-order chi connectivity index (χ0) is 11.8. The molecule has 0 aromatic heterocycles. The Morgan fingerprint density at radius 3 is 2.56 bits per heavy atom. The maximum atomic E-state index is 11.1. The molecule has 0 aliphatic rings. The highest BCUT2D eigenvalue weighted by Gasteiger charge is 2.07. The summed E-state index contributed by atoms with van der Waals surface area (Å²) in [5.41, 5.74) is 1.06. The van der Waals surface area contributed by atoms with Gasteiger partial charge in [0.25, 0.3) is 0 Å². The van der Waals surface area contributed by atoms with Gasteiger partial charge in [-0.25, -0.2) is 4.79 Å². The van der Waals surface area contributed by atoms with E-state index in [1.165, 1.54) is 0 Å². The van der Waals surface area contributed by atoms with Gasteiger partial charge in [-0.15, -0.1) is 0 Å². The van der Waals surface area contributed by atoms with Gasteiger partial charge < -0.3 is 5.11 Å². The van der Waals surface area contributed by atoms with Crippen molar-refractivity contribution in [2.24, 2.45) is 0 Å². The summed E-state index contributed by atoms with van der Waals surface area (Å²) in [6.45, 7) is 2.09. The fraction of sp³-hybridized carbons (Fsp3) is 0.214. The summed E-state index contributed by atoms with van der Waals surface area (Å²) >= 11 is 0. The fourth-order valence-electron chi connectivity index (χ4n) is 1.34. The van der Waals surface area contributed by atoms with Crippen LogP contribution in [0.5, 0.6) is 0 Å². The van der Waals surface area contributed by atoms with E-state index >= 15 is 0 Å². The van der Waals surface area contributed by atoms with Crippen LogP contribution in [-0.2, 0) is 4.79 Å². The van der Waals surface area contributed by atoms with Gasteiger partial charge in [-0.05, 0) is 18.1 Å². The normalized spacial score (nSPS) is 11.9. The Bertz CT molecular complexity index is 388. The molecule has 0 spiro atoms. The van der Waals surface area contributed by atoms with E-state index in [4.69, 9.17) is 5.11 Å². The second kappa shape index (κ2) is 6.62. The Morgan fingerprint density at radius 1 is 1.31 bits per heavy atom. The van der Waals surface area contributed by atoms with E-state index in [2.05, 4.69) is 6.92 Å². The summed E-state index contributed by atoms with van der Waals surface area (Å²) in [6, 6.07) is 9.14. The monoisotopic (exact) mass is 216 g/mol. The molecule has 1 N–H and O–H groups in total. The average Bonchev–Trinajstić information content (AvgIpc) is 2.30. The number of unbranched alkanes of at least 4 members (excludes halogenated alkanes) is 1. The summed E-state index contributed by atoms with van der Waals surface area (Å²) in [4.78, 5) is 11.1. The molecule has 2 nitrogen and oxygen atoms in total. The lowest BCUT2D eigenvalue weighted by molar-refractivity contribution is -0.130. The minimum atomic E-state index is -0.896. The molecule has 0 bridgehead atoms. The lowest BCUT2D eigenvalue weighted by Crippen LogP contribution is -1.98. The fourth-order valence-corrected chi connectivity index (χ4v) is 1.34. The van der Waals surface area contributed by atoms with Crippen LogP contribution in [0.1, 0.15) is 25.3 Å². The quantitative estimate of drug-likeness (QED) is 0.604. The van der Waals surface area contributed by atoms with Gasteiger partial charge in [0.05, 0.1) is 5.57 Å². The molecule has 0 fully saturated rings. The topological polar surface area (TPSA) is 37.3 Å². The van der Waals surface area contributed by atoms with E-state index in [1.807, 2.05) is 24.3 Å². The van der Waals surface area contributed by atoms with Gasteiger partial charge in [0, 0.05) is 0 Å². The van der Waals surface area contributed by atoms with Crippen molar-refractivity contribution in [3.63, 3.8) is 0 Å². The van der Waals surface area contributed by atoms with Crippen molar-refractivity contribution in [2.75, 3.05) is 0 Å². The third kappa shape index (κ3) is 3.73. The van der Waals surface area contributed by atoms with Crippen LogP contribution in [0.25, 0.3) is 5.57 Å². The maximum absolute atomic E-state index is 11.1. The molecule has 0 aliphatic carbocycles. The van der Waals surface area contributed by atoms with Crippen LogP contribution in [0.2, 0.25) is 0 Å². The molecular weight excluding hydrogens is 200 g/mol. The van der Waals surface area contributed by atoms with Crippen LogP contribution in [0.4, 0.5) is 0 Å². The Kier molecular flexibility index (Phi) is 5.06. The largest absolute Gasteiger partial charge is 0.478 e. The molecule has 1 rings (SSSR count). The van der Waals surface area contributed by atoms with Gasteiger partial charge in [0.1, 0.15) is 0 Å². The predicted octanol–water partition coefficient (Wildman–Crippen LogP) is 3.51. The molecule has 0 unspecified atom stereocenters. The molecule has 16 heavy (non-hydrogen) atoms. The van der Waals surface area contributed by atoms with Crippen LogP contribution < -0.4 is 0 Å². The smallest absolute Gasteiger partial charge is 0.336 e. The van der Waals surface area contributed by atoms with Gasteiger partial charge >= 0.3 is 5.97 Å². The summed E-state index contributed by atoms with van der Waals surface area (Å²) in [7, 11) is 0. The second-order valence-corrected chi connectivity index (χ2v) is 3.47. The van der Waals surface area contributed by atoms with Gasteiger partial charge in [0.2, 0.25) is 0 Å². The molecule has 1 aromatic carbocycles. The summed E-state index contributed by atoms with van der Waals surface area (Å²) in [5, 5.41) is 9.08. The highest BCUT2D eigenvalue weighted by molar-refractivity contribution is 6.15. The van der Waals surface area contributed by atoms with Crippen molar-refractivity contribution < 1.29 is 9.90 Å². The average molecular weight is 216 g/mol. The first-order chi connectivity index (χ1) is 7.75. The van der Waals surface area contributed by atoms with Gasteiger partial charge in [0.15, 0.2) is 0 Å². The lowest BCUT2D eigenvalue weighted by Gasteiger charge is -2.00. The second-order valence-electron chi connectivity index (χ2n) is 3.47. The highest BCUT2D eigenvalue weighted by atomic mass is 16.4. The number of benzene rings is 1. The third-order valence-corrected chi connectivity index (χ3v) is 2.17. The maximum Gasteiger partial charge on any atom is 0.336 e. The first-order valence-electron chi connectivity index (χ1n) is 5.41. The van der Waals surface area contributed by atoms with Crippen LogP contribution in [-0.4, -0.2) is 11.1 Å². The van der Waals surface area contributed by atoms with Crippen LogP contribution in [0.15, 0.2) is 48.6 Å². The van der Waals surface area contributed by atoms with Crippen molar-refractivity contribution in [1.29, 1.82) is 0 Å². The minimum Gasteiger partial charge on any atom is -0.478 e. The van der Waals surface area contributed by atoms with Gasteiger partial charge in [-0.3, -0.25) is 0 Å². The highest BCUT2D eigenvalue weighted by Crippen LogP contribution is 2.14. The zero-order valence-electron chi connectivity index (χ0n) is 9.39. The van der Waals surface area contributed by atoms with E-state index in [0.717, 1.165) is 18.4 Å². The number of hydrogen-bond donors (Lipinski definition) is 1. The van der Waals surface area contributed by atoms with E-state index in [-0.39, 0.29) is 0 Å². The molecule has 0 atom stereocenters.